The lowest BCUT2D eigenvalue weighted by molar-refractivity contribution is 0.436. The lowest BCUT2D eigenvalue weighted by Crippen LogP contribution is -2.14. The Hall–Kier alpha value is -0.730. The number of rotatable bonds is 1. The summed E-state index contributed by atoms with van der Waals surface area (Å²) in [5, 5.41) is 14.5. The molecule has 0 aliphatic carbocycles. The molecule has 1 aliphatic rings. The van der Waals surface area contributed by atoms with Crippen molar-refractivity contribution in [3.05, 3.63) is 28.3 Å². The molecule has 1 atom stereocenters. The van der Waals surface area contributed by atoms with Gasteiger partial charge in [-0.05, 0) is 30.5 Å². The van der Waals surface area contributed by atoms with Gasteiger partial charge in [0.2, 0.25) is 0 Å². The highest BCUT2D eigenvalue weighted by Gasteiger charge is 2.26. The molecule has 0 spiro atoms. The molecule has 1 aromatic carbocycles. The van der Waals surface area contributed by atoms with E-state index in [1.165, 1.54) is 0 Å². The van der Waals surface area contributed by atoms with Crippen LogP contribution in [0.15, 0.2) is 12.1 Å². The molecule has 0 radical (unpaired) electrons. The minimum absolute atomic E-state index is 0.0875. The molecular weight excluding hydrogens is 234 g/mol. The topological polar surface area (TPSA) is 32.3 Å². The van der Waals surface area contributed by atoms with E-state index in [4.69, 9.17) is 11.6 Å². The highest BCUT2D eigenvalue weighted by Crippen LogP contribution is 2.40. The highest BCUT2D eigenvalue weighted by atomic mass is 35.5. The first-order valence-corrected chi connectivity index (χ1v) is 6.51. The van der Waals surface area contributed by atoms with Crippen LogP contribution in [0.25, 0.3) is 0 Å². The third kappa shape index (κ3) is 2.58. The maximum Gasteiger partial charge on any atom is 0.122 e. The van der Waals surface area contributed by atoms with Crippen molar-refractivity contribution < 1.29 is 5.11 Å². The molecule has 94 valence electrons. The predicted molar refractivity (Wildman–Crippen MR) is 72.0 cm³/mol. The van der Waals surface area contributed by atoms with Crippen LogP contribution in [-0.2, 0) is 5.41 Å². The van der Waals surface area contributed by atoms with E-state index in [1.54, 1.807) is 0 Å². The summed E-state index contributed by atoms with van der Waals surface area (Å²) in [6.07, 6.45) is 1.07. The molecule has 0 saturated carbocycles. The van der Waals surface area contributed by atoms with Crippen LogP contribution in [0.3, 0.4) is 0 Å². The molecule has 1 aromatic rings. The van der Waals surface area contributed by atoms with E-state index in [9.17, 15) is 5.11 Å². The van der Waals surface area contributed by atoms with Crippen molar-refractivity contribution >= 4 is 11.6 Å². The van der Waals surface area contributed by atoms with Crippen LogP contribution in [0.5, 0.6) is 5.75 Å². The summed E-state index contributed by atoms with van der Waals surface area (Å²) >= 11 is 6.17. The molecule has 1 fully saturated rings. The van der Waals surface area contributed by atoms with Crippen LogP contribution in [0.2, 0.25) is 5.02 Å². The van der Waals surface area contributed by atoms with E-state index in [0.717, 1.165) is 35.7 Å². The summed E-state index contributed by atoms with van der Waals surface area (Å²) in [5.74, 6) is 0.811. The van der Waals surface area contributed by atoms with E-state index >= 15 is 0 Å². The molecule has 2 rings (SSSR count). The number of halogens is 1. The van der Waals surface area contributed by atoms with Gasteiger partial charge in [-0.2, -0.15) is 0 Å². The second kappa shape index (κ2) is 4.51. The summed E-state index contributed by atoms with van der Waals surface area (Å²) in [7, 11) is 0. The van der Waals surface area contributed by atoms with Crippen molar-refractivity contribution in [1.82, 2.24) is 5.32 Å². The maximum atomic E-state index is 10.4. The number of hydrogen-bond acceptors (Lipinski definition) is 2. The molecule has 1 unspecified atom stereocenters. The summed E-state index contributed by atoms with van der Waals surface area (Å²) in [6.45, 7) is 8.22. The zero-order chi connectivity index (χ0) is 12.6. The first-order chi connectivity index (χ1) is 7.89. The Bertz CT molecular complexity index is 417. The Kier molecular flexibility index (Phi) is 3.37. The molecular formula is C14H20ClNO. The second-order valence-electron chi connectivity index (χ2n) is 5.83. The first kappa shape index (κ1) is 12.7. The van der Waals surface area contributed by atoms with Crippen molar-refractivity contribution in [2.75, 3.05) is 13.1 Å². The molecule has 0 amide bonds. The van der Waals surface area contributed by atoms with Crippen LogP contribution >= 0.6 is 11.6 Å². The average molecular weight is 254 g/mol. The molecule has 17 heavy (non-hydrogen) atoms. The van der Waals surface area contributed by atoms with E-state index in [-0.39, 0.29) is 5.41 Å². The Morgan fingerprint density at radius 1 is 1.35 bits per heavy atom. The van der Waals surface area contributed by atoms with E-state index in [0.29, 0.717) is 11.7 Å². The van der Waals surface area contributed by atoms with E-state index in [2.05, 4.69) is 26.1 Å². The lowest BCUT2D eigenvalue weighted by atomic mass is 9.83. The molecule has 0 bridgehead atoms. The van der Waals surface area contributed by atoms with Gasteiger partial charge in [-0.15, -0.1) is 0 Å². The fraction of sp³-hybridized carbons (Fsp3) is 0.571. The number of nitrogens with one attached hydrogen (secondary N) is 1. The molecule has 2 N–H and O–H groups in total. The predicted octanol–water partition coefficient (Wildman–Crippen LogP) is 3.42. The van der Waals surface area contributed by atoms with Crippen LogP contribution < -0.4 is 5.32 Å². The number of benzene rings is 1. The SMILES string of the molecule is CC(C)(C)c1cc(Cl)cc(C2CCNC2)c1O. The van der Waals surface area contributed by atoms with Gasteiger partial charge in [-0.3, -0.25) is 0 Å². The van der Waals surface area contributed by atoms with Gasteiger partial charge in [0, 0.05) is 28.6 Å². The minimum atomic E-state index is -0.0875. The van der Waals surface area contributed by atoms with Gasteiger partial charge in [-0.25, -0.2) is 0 Å². The number of hydrogen-bond donors (Lipinski definition) is 2. The van der Waals surface area contributed by atoms with Gasteiger partial charge < -0.3 is 10.4 Å². The zero-order valence-corrected chi connectivity index (χ0v) is 11.4. The number of phenolic OH excluding ortho intramolecular Hbond substituents is 1. The molecule has 1 saturated heterocycles. The number of phenols is 1. The minimum Gasteiger partial charge on any atom is -0.507 e. The Labute approximate surface area is 108 Å². The zero-order valence-electron chi connectivity index (χ0n) is 10.7. The highest BCUT2D eigenvalue weighted by molar-refractivity contribution is 6.30. The van der Waals surface area contributed by atoms with Crippen LogP contribution in [-0.4, -0.2) is 18.2 Å². The molecule has 2 nitrogen and oxygen atoms in total. The Balaban J connectivity index is 2.49. The Morgan fingerprint density at radius 3 is 2.59 bits per heavy atom. The summed E-state index contributed by atoms with van der Waals surface area (Å²) in [4.78, 5) is 0. The number of aromatic hydroxyl groups is 1. The normalized spacial score (nSPS) is 20.8. The van der Waals surface area contributed by atoms with Gasteiger partial charge in [0.05, 0.1) is 0 Å². The standard InChI is InChI=1S/C14H20ClNO/c1-14(2,3)12-7-10(15)6-11(13(12)17)9-4-5-16-8-9/h6-7,9,16-17H,4-5,8H2,1-3H3. The molecule has 0 aromatic heterocycles. The summed E-state index contributed by atoms with van der Waals surface area (Å²) in [6, 6.07) is 3.78. The van der Waals surface area contributed by atoms with Crippen LogP contribution in [0, 0.1) is 0 Å². The van der Waals surface area contributed by atoms with Crippen molar-refractivity contribution in [1.29, 1.82) is 0 Å². The third-order valence-corrected chi connectivity index (χ3v) is 3.63. The van der Waals surface area contributed by atoms with Crippen molar-refractivity contribution in [3.63, 3.8) is 0 Å². The smallest absolute Gasteiger partial charge is 0.122 e. The second-order valence-corrected chi connectivity index (χ2v) is 6.27. The van der Waals surface area contributed by atoms with E-state index < -0.39 is 0 Å². The van der Waals surface area contributed by atoms with Crippen molar-refractivity contribution in [2.45, 2.75) is 38.5 Å². The first-order valence-electron chi connectivity index (χ1n) is 6.13. The fourth-order valence-corrected chi connectivity index (χ4v) is 2.65. The van der Waals surface area contributed by atoms with Crippen molar-refractivity contribution in [3.8, 4) is 5.75 Å². The summed E-state index contributed by atoms with van der Waals surface area (Å²) in [5.41, 5.74) is 1.84. The fourth-order valence-electron chi connectivity index (χ4n) is 2.42. The molecule has 3 heteroatoms. The van der Waals surface area contributed by atoms with Crippen LogP contribution in [0.4, 0.5) is 0 Å². The van der Waals surface area contributed by atoms with Gasteiger partial charge in [-0.1, -0.05) is 32.4 Å². The van der Waals surface area contributed by atoms with Gasteiger partial charge in [0.25, 0.3) is 0 Å². The molecule has 1 aliphatic heterocycles. The van der Waals surface area contributed by atoms with E-state index in [1.807, 2.05) is 12.1 Å². The average Bonchev–Trinajstić information content (AvgIpc) is 2.72. The van der Waals surface area contributed by atoms with Gasteiger partial charge in [0.15, 0.2) is 0 Å². The van der Waals surface area contributed by atoms with Gasteiger partial charge in [0.1, 0.15) is 5.75 Å². The van der Waals surface area contributed by atoms with Crippen molar-refractivity contribution in [2.24, 2.45) is 0 Å². The Morgan fingerprint density at radius 2 is 2.06 bits per heavy atom. The summed E-state index contributed by atoms with van der Waals surface area (Å²) < 4.78 is 0. The monoisotopic (exact) mass is 253 g/mol. The third-order valence-electron chi connectivity index (χ3n) is 3.41. The lowest BCUT2D eigenvalue weighted by Gasteiger charge is -2.24. The van der Waals surface area contributed by atoms with Gasteiger partial charge >= 0.3 is 0 Å². The largest absolute Gasteiger partial charge is 0.507 e. The maximum absolute atomic E-state index is 10.4. The van der Waals surface area contributed by atoms with Crippen LogP contribution in [0.1, 0.15) is 44.2 Å². The molecule has 1 heterocycles. The quantitative estimate of drug-likeness (QED) is 0.804.